The maximum absolute atomic E-state index is 12.8. The van der Waals surface area contributed by atoms with Gasteiger partial charge in [-0.3, -0.25) is 9.69 Å². The first kappa shape index (κ1) is 20.9. The summed E-state index contributed by atoms with van der Waals surface area (Å²) in [6.45, 7) is 9.39. The maximum atomic E-state index is 12.8. The van der Waals surface area contributed by atoms with Crippen molar-refractivity contribution in [3.63, 3.8) is 0 Å². The Labute approximate surface area is 180 Å². The van der Waals surface area contributed by atoms with Crippen LogP contribution >= 0.6 is 0 Å². The summed E-state index contributed by atoms with van der Waals surface area (Å²) in [7, 11) is 2.17. The molecule has 0 spiro atoms. The van der Waals surface area contributed by atoms with Gasteiger partial charge in [0.25, 0.3) is 0 Å². The monoisotopic (exact) mass is 406 g/mol. The Hall–Kier alpha value is -2.37. The largest absolute Gasteiger partial charge is 0.369 e. The molecule has 5 heteroatoms. The molecule has 0 aliphatic carbocycles. The third kappa shape index (κ3) is 5.41. The van der Waals surface area contributed by atoms with Gasteiger partial charge in [-0.1, -0.05) is 29.8 Å². The summed E-state index contributed by atoms with van der Waals surface area (Å²) in [5.74, 6) is 0.272. The second-order valence-electron chi connectivity index (χ2n) is 8.87. The lowest BCUT2D eigenvalue weighted by molar-refractivity contribution is -0.121. The zero-order chi connectivity index (χ0) is 20.9. The predicted molar refractivity (Wildman–Crippen MR) is 124 cm³/mol. The molecule has 30 heavy (non-hydrogen) atoms. The topological polar surface area (TPSA) is 38.8 Å². The highest BCUT2D eigenvalue weighted by Crippen LogP contribution is 2.23. The number of hydrogen-bond donors (Lipinski definition) is 1. The fourth-order valence-electron chi connectivity index (χ4n) is 4.49. The highest BCUT2D eigenvalue weighted by atomic mass is 16.1. The van der Waals surface area contributed by atoms with Crippen molar-refractivity contribution in [3.05, 3.63) is 59.7 Å². The summed E-state index contributed by atoms with van der Waals surface area (Å²) in [5, 5.41) is 3.14. The first-order chi connectivity index (χ1) is 14.6. The van der Waals surface area contributed by atoms with Crippen LogP contribution in [0.5, 0.6) is 0 Å². The molecule has 0 unspecified atom stereocenters. The first-order valence-electron chi connectivity index (χ1n) is 11.2. The third-order valence-electron chi connectivity index (χ3n) is 6.45. The molecule has 160 valence electrons. The molecule has 2 aliphatic rings. The normalized spacial score (nSPS) is 19.1. The van der Waals surface area contributed by atoms with Gasteiger partial charge in [-0.05, 0) is 69.7 Å². The molecule has 1 amide bonds. The molecule has 5 nitrogen and oxygen atoms in total. The van der Waals surface area contributed by atoms with Gasteiger partial charge in [-0.25, -0.2) is 0 Å². The number of anilines is 2. The zero-order valence-corrected chi connectivity index (χ0v) is 18.3. The van der Waals surface area contributed by atoms with E-state index in [2.05, 4.69) is 70.4 Å². The molecule has 1 N–H and O–H groups in total. The van der Waals surface area contributed by atoms with Crippen LogP contribution in [-0.2, 0) is 11.3 Å². The van der Waals surface area contributed by atoms with Crippen LogP contribution in [0, 0.1) is 12.8 Å². The number of nitrogens with zero attached hydrogens (tertiary/aromatic N) is 3. The number of rotatable bonds is 5. The molecule has 4 rings (SSSR count). The van der Waals surface area contributed by atoms with Gasteiger partial charge in [0.15, 0.2) is 0 Å². The highest BCUT2D eigenvalue weighted by molar-refractivity contribution is 5.92. The lowest BCUT2D eigenvalue weighted by atomic mass is 9.95. The van der Waals surface area contributed by atoms with Crippen LogP contribution in [-0.4, -0.2) is 62.0 Å². The molecule has 0 bridgehead atoms. The molecule has 0 aromatic heterocycles. The molecule has 0 saturated carbocycles. The minimum Gasteiger partial charge on any atom is -0.369 e. The summed E-state index contributed by atoms with van der Waals surface area (Å²) < 4.78 is 0. The molecule has 2 heterocycles. The predicted octanol–water partition coefficient (Wildman–Crippen LogP) is 3.60. The van der Waals surface area contributed by atoms with E-state index >= 15 is 0 Å². The van der Waals surface area contributed by atoms with Gasteiger partial charge in [0.1, 0.15) is 0 Å². The molecule has 0 radical (unpaired) electrons. The summed E-state index contributed by atoms with van der Waals surface area (Å²) >= 11 is 0. The van der Waals surface area contributed by atoms with Crippen LogP contribution in [0.4, 0.5) is 11.4 Å². The van der Waals surface area contributed by atoms with E-state index in [0.29, 0.717) is 0 Å². The first-order valence-corrected chi connectivity index (χ1v) is 11.2. The average Bonchev–Trinajstić information content (AvgIpc) is 2.75. The van der Waals surface area contributed by atoms with Crippen LogP contribution < -0.4 is 10.2 Å². The number of hydrogen-bond acceptors (Lipinski definition) is 4. The highest BCUT2D eigenvalue weighted by Gasteiger charge is 2.25. The molecular formula is C25H34N4O. The standard InChI is InChI=1S/C25H34N4O/c1-20-4-3-5-21(18-20)19-28-12-10-22(11-13-28)25(30)26-23-6-8-24(9-7-23)29-16-14-27(2)15-17-29/h3-9,18,22H,10-17,19H2,1-2H3,(H,26,30). The number of nitrogens with one attached hydrogen (secondary N) is 1. The Kier molecular flexibility index (Phi) is 6.70. The Balaban J connectivity index is 1.24. The van der Waals surface area contributed by atoms with E-state index < -0.39 is 0 Å². The Morgan fingerprint density at radius 1 is 0.967 bits per heavy atom. The zero-order valence-electron chi connectivity index (χ0n) is 18.3. The van der Waals surface area contributed by atoms with Crippen LogP contribution in [0.15, 0.2) is 48.5 Å². The van der Waals surface area contributed by atoms with E-state index in [1.54, 1.807) is 0 Å². The van der Waals surface area contributed by atoms with E-state index in [1.165, 1.54) is 16.8 Å². The number of aryl methyl sites for hydroxylation is 1. The number of piperazine rings is 1. The fraction of sp³-hybridized carbons (Fsp3) is 0.480. The van der Waals surface area contributed by atoms with Crippen molar-refractivity contribution in [1.29, 1.82) is 0 Å². The molecule has 2 aromatic rings. The van der Waals surface area contributed by atoms with Crippen molar-refractivity contribution in [1.82, 2.24) is 9.80 Å². The molecule has 2 fully saturated rings. The number of carbonyl (C=O) groups is 1. The Morgan fingerprint density at radius 3 is 2.33 bits per heavy atom. The summed E-state index contributed by atoms with van der Waals surface area (Å²) in [6, 6.07) is 17.0. The van der Waals surface area contributed by atoms with E-state index in [0.717, 1.165) is 64.3 Å². The maximum Gasteiger partial charge on any atom is 0.227 e. The number of likely N-dealkylation sites (tertiary alicyclic amines) is 1. The van der Waals surface area contributed by atoms with Crippen molar-refractivity contribution >= 4 is 17.3 Å². The van der Waals surface area contributed by atoms with E-state index in [4.69, 9.17) is 0 Å². The van der Waals surface area contributed by atoms with Gasteiger partial charge in [-0.15, -0.1) is 0 Å². The smallest absolute Gasteiger partial charge is 0.227 e. The van der Waals surface area contributed by atoms with Gasteiger partial charge in [0.05, 0.1) is 0 Å². The van der Waals surface area contributed by atoms with Gasteiger partial charge in [0.2, 0.25) is 5.91 Å². The number of carbonyl (C=O) groups excluding carboxylic acids is 1. The molecule has 0 atom stereocenters. The van der Waals surface area contributed by atoms with Crippen LogP contribution in [0.25, 0.3) is 0 Å². The third-order valence-corrected chi connectivity index (χ3v) is 6.45. The molecule has 2 aromatic carbocycles. The quantitative estimate of drug-likeness (QED) is 0.824. The number of amides is 1. The molecular weight excluding hydrogens is 372 g/mol. The van der Waals surface area contributed by atoms with Gasteiger partial charge in [0, 0.05) is 50.0 Å². The summed E-state index contributed by atoms with van der Waals surface area (Å²) in [5.41, 5.74) is 4.81. The van der Waals surface area contributed by atoms with Crippen LogP contribution in [0.3, 0.4) is 0 Å². The number of likely N-dealkylation sites (N-methyl/N-ethyl adjacent to an activating group) is 1. The van der Waals surface area contributed by atoms with Crippen LogP contribution in [0.2, 0.25) is 0 Å². The number of benzene rings is 2. The van der Waals surface area contributed by atoms with E-state index in [-0.39, 0.29) is 11.8 Å². The SMILES string of the molecule is Cc1cccc(CN2CCC(C(=O)Nc3ccc(N4CCN(C)CC4)cc3)CC2)c1. The second-order valence-corrected chi connectivity index (χ2v) is 8.87. The Morgan fingerprint density at radius 2 is 1.67 bits per heavy atom. The van der Waals surface area contributed by atoms with Gasteiger partial charge >= 0.3 is 0 Å². The van der Waals surface area contributed by atoms with Crippen molar-refractivity contribution < 1.29 is 4.79 Å². The van der Waals surface area contributed by atoms with E-state index in [1.807, 2.05) is 12.1 Å². The molecule has 2 saturated heterocycles. The minimum absolute atomic E-state index is 0.107. The summed E-state index contributed by atoms with van der Waals surface area (Å²) in [6.07, 6.45) is 1.86. The minimum atomic E-state index is 0.107. The lowest BCUT2D eigenvalue weighted by Gasteiger charge is -2.34. The fourth-order valence-corrected chi connectivity index (χ4v) is 4.49. The van der Waals surface area contributed by atoms with Crippen molar-refractivity contribution in [2.75, 3.05) is 56.5 Å². The average molecular weight is 407 g/mol. The molecule has 2 aliphatic heterocycles. The van der Waals surface area contributed by atoms with Crippen LogP contribution in [0.1, 0.15) is 24.0 Å². The Bertz CT molecular complexity index is 834. The lowest BCUT2D eigenvalue weighted by Crippen LogP contribution is -2.44. The van der Waals surface area contributed by atoms with Crippen molar-refractivity contribution in [2.45, 2.75) is 26.3 Å². The second kappa shape index (κ2) is 9.63. The van der Waals surface area contributed by atoms with Gasteiger partial charge < -0.3 is 15.1 Å². The summed E-state index contributed by atoms with van der Waals surface area (Å²) in [4.78, 5) is 20.0. The van der Waals surface area contributed by atoms with E-state index in [9.17, 15) is 4.79 Å². The van der Waals surface area contributed by atoms with Crippen molar-refractivity contribution in [3.8, 4) is 0 Å². The van der Waals surface area contributed by atoms with Gasteiger partial charge in [-0.2, -0.15) is 0 Å². The number of piperidine rings is 1. The van der Waals surface area contributed by atoms with Crippen molar-refractivity contribution in [2.24, 2.45) is 5.92 Å².